The molecule has 0 radical (unpaired) electrons. The molecule has 0 atom stereocenters. The van der Waals surface area contributed by atoms with E-state index in [1.807, 2.05) is 24.3 Å². The molecule has 6 heteroatoms. The molecular formula is C15H13Cl3N2O. The van der Waals surface area contributed by atoms with Crippen molar-refractivity contribution in [3.8, 4) is 0 Å². The number of halogens is 3. The van der Waals surface area contributed by atoms with Crippen molar-refractivity contribution in [1.29, 1.82) is 0 Å². The lowest BCUT2D eigenvalue weighted by Gasteiger charge is -2.10. The Kier molecular flexibility index (Phi) is 5.34. The lowest BCUT2D eigenvalue weighted by molar-refractivity contribution is -0.114. The summed E-state index contributed by atoms with van der Waals surface area (Å²) in [7, 11) is 0. The van der Waals surface area contributed by atoms with E-state index in [4.69, 9.17) is 34.8 Å². The summed E-state index contributed by atoms with van der Waals surface area (Å²) in [6.45, 7) is 2.06. The van der Waals surface area contributed by atoms with Crippen LogP contribution in [0.5, 0.6) is 0 Å². The zero-order chi connectivity index (χ0) is 15.4. The predicted molar refractivity (Wildman–Crippen MR) is 89.5 cm³/mol. The molecule has 0 aliphatic heterocycles. The van der Waals surface area contributed by atoms with Crippen LogP contribution in [0.3, 0.4) is 0 Å². The van der Waals surface area contributed by atoms with Gasteiger partial charge in [-0.05, 0) is 29.8 Å². The molecule has 0 saturated heterocycles. The summed E-state index contributed by atoms with van der Waals surface area (Å²) >= 11 is 17.9. The van der Waals surface area contributed by atoms with Crippen LogP contribution in [0.4, 0.5) is 11.4 Å². The van der Waals surface area contributed by atoms with Gasteiger partial charge in [-0.2, -0.15) is 0 Å². The number of rotatable bonds is 4. The fraction of sp³-hybridized carbons (Fsp3) is 0.133. The number of anilines is 2. The molecule has 0 bridgehead atoms. The molecule has 2 N–H and O–H groups in total. The number of amides is 1. The van der Waals surface area contributed by atoms with Crippen LogP contribution in [0, 0.1) is 0 Å². The van der Waals surface area contributed by atoms with Gasteiger partial charge in [0.15, 0.2) is 0 Å². The standard InChI is InChI=1S/C15H13Cl3N2O/c1-9(21)20-11-4-2-10(3-5-11)8-19-15-7-13(17)12(16)6-14(15)18/h2-7,19H,8H2,1H3,(H,20,21). The van der Waals surface area contributed by atoms with Gasteiger partial charge in [-0.1, -0.05) is 46.9 Å². The third-order valence-corrected chi connectivity index (χ3v) is 3.80. The maximum Gasteiger partial charge on any atom is 0.221 e. The average molecular weight is 344 g/mol. The van der Waals surface area contributed by atoms with Crippen molar-refractivity contribution in [3.63, 3.8) is 0 Å². The highest BCUT2D eigenvalue weighted by Crippen LogP contribution is 2.32. The molecule has 0 aliphatic rings. The van der Waals surface area contributed by atoms with Crippen LogP contribution >= 0.6 is 34.8 Å². The van der Waals surface area contributed by atoms with E-state index in [9.17, 15) is 4.79 Å². The van der Waals surface area contributed by atoms with Gasteiger partial charge in [0.2, 0.25) is 5.91 Å². The number of hydrogen-bond acceptors (Lipinski definition) is 2. The van der Waals surface area contributed by atoms with Crippen LogP contribution in [0.1, 0.15) is 12.5 Å². The summed E-state index contributed by atoms with van der Waals surface area (Å²) in [5.74, 6) is -0.0940. The Balaban J connectivity index is 2.03. The molecular weight excluding hydrogens is 331 g/mol. The molecule has 0 unspecified atom stereocenters. The lowest BCUT2D eigenvalue weighted by Crippen LogP contribution is -2.06. The Labute approximate surface area is 138 Å². The number of carbonyl (C=O) groups excluding carboxylic acids is 1. The van der Waals surface area contributed by atoms with Crippen molar-refractivity contribution in [2.24, 2.45) is 0 Å². The summed E-state index contributed by atoms with van der Waals surface area (Å²) in [6.07, 6.45) is 0. The highest BCUT2D eigenvalue weighted by atomic mass is 35.5. The van der Waals surface area contributed by atoms with E-state index in [-0.39, 0.29) is 5.91 Å². The lowest BCUT2D eigenvalue weighted by atomic mass is 10.2. The van der Waals surface area contributed by atoms with Crippen molar-refractivity contribution < 1.29 is 4.79 Å². The molecule has 21 heavy (non-hydrogen) atoms. The Bertz CT molecular complexity index is 657. The number of hydrogen-bond donors (Lipinski definition) is 2. The van der Waals surface area contributed by atoms with Gasteiger partial charge in [0, 0.05) is 19.2 Å². The average Bonchev–Trinajstić information content (AvgIpc) is 2.42. The Morgan fingerprint density at radius 1 is 1.00 bits per heavy atom. The third-order valence-electron chi connectivity index (χ3n) is 2.77. The predicted octanol–water partition coefficient (Wildman–Crippen LogP) is 5.22. The van der Waals surface area contributed by atoms with Crippen LogP contribution in [-0.4, -0.2) is 5.91 Å². The molecule has 0 spiro atoms. The van der Waals surface area contributed by atoms with Crippen molar-refractivity contribution in [2.45, 2.75) is 13.5 Å². The molecule has 0 heterocycles. The smallest absolute Gasteiger partial charge is 0.221 e. The van der Waals surface area contributed by atoms with Crippen LogP contribution in [0.15, 0.2) is 36.4 Å². The fourth-order valence-corrected chi connectivity index (χ4v) is 2.38. The largest absolute Gasteiger partial charge is 0.380 e. The molecule has 110 valence electrons. The SMILES string of the molecule is CC(=O)Nc1ccc(CNc2cc(Cl)c(Cl)cc2Cl)cc1. The summed E-state index contributed by atoms with van der Waals surface area (Å²) in [5.41, 5.74) is 2.53. The van der Waals surface area contributed by atoms with Gasteiger partial charge in [0.05, 0.1) is 20.8 Å². The topological polar surface area (TPSA) is 41.1 Å². The first-order valence-corrected chi connectivity index (χ1v) is 7.34. The minimum atomic E-state index is -0.0940. The molecule has 0 aliphatic carbocycles. The highest BCUT2D eigenvalue weighted by Gasteiger charge is 2.05. The Morgan fingerprint density at radius 2 is 1.62 bits per heavy atom. The molecule has 0 aromatic heterocycles. The first-order valence-electron chi connectivity index (χ1n) is 6.20. The zero-order valence-corrected chi connectivity index (χ0v) is 13.5. The van der Waals surface area contributed by atoms with E-state index >= 15 is 0 Å². The summed E-state index contributed by atoms with van der Waals surface area (Å²) in [4.78, 5) is 10.9. The van der Waals surface area contributed by atoms with Gasteiger partial charge in [0.1, 0.15) is 0 Å². The monoisotopic (exact) mass is 342 g/mol. The quantitative estimate of drug-likeness (QED) is 0.747. The second-order valence-electron chi connectivity index (χ2n) is 4.48. The van der Waals surface area contributed by atoms with Crippen molar-refractivity contribution in [2.75, 3.05) is 10.6 Å². The third kappa shape index (κ3) is 4.53. The summed E-state index contributed by atoms with van der Waals surface area (Å²) in [5, 5.41) is 7.30. The van der Waals surface area contributed by atoms with Crippen LogP contribution in [0.25, 0.3) is 0 Å². The van der Waals surface area contributed by atoms with E-state index in [0.29, 0.717) is 21.6 Å². The van der Waals surface area contributed by atoms with Crippen LogP contribution < -0.4 is 10.6 Å². The molecule has 0 saturated carbocycles. The molecule has 1 amide bonds. The van der Waals surface area contributed by atoms with E-state index in [1.54, 1.807) is 12.1 Å². The normalized spacial score (nSPS) is 10.3. The first-order chi connectivity index (χ1) is 9.95. The molecule has 2 aromatic rings. The number of nitrogens with one attached hydrogen (secondary N) is 2. The Hall–Kier alpha value is -1.42. The van der Waals surface area contributed by atoms with Crippen molar-refractivity contribution in [1.82, 2.24) is 0 Å². The number of carbonyl (C=O) groups is 1. The van der Waals surface area contributed by atoms with Crippen molar-refractivity contribution in [3.05, 3.63) is 57.0 Å². The van der Waals surface area contributed by atoms with Crippen LogP contribution in [0.2, 0.25) is 15.1 Å². The van der Waals surface area contributed by atoms with Gasteiger partial charge in [-0.3, -0.25) is 4.79 Å². The fourth-order valence-electron chi connectivity index (χ4n) is 1.76. The molecule has 0 fully saturated rings. The second kappa shape index (κ2) is 7.03. The van der Waals surface area contributed by atoms with Gasteiger partial charge >= 0.3 is 0 Å². The summed E-state index contributed by atoms with van der Waals surface area (Å²) in [6, 6.07) is 10.8. The molecule has 3 nitrogen and oxygen atoms in total. The van der Waals surface area contributed by atoms with Crippen molar-refractivity contribution >= 4 is 52.1 Å². The Morgan fingerprint density at radius 3 is 2.24 bits per heavy atom. The zero-order valence-electron chi connectivity index (χ0n) is 11.2. The van der Waals surface area contributed by atoms with E-state index in [0.717, 1.165) is 16.9 Å². The number of benzene rings is 2. The maximum atomic E-state index is 10.9. The van der Waals surface area contributed by atoms with Crippen LogP contribution in [-0.2, 0) is 11.3 Å². The first kappa shape index (κ1) is 16.0. The van der Waals surface area contributed by atoms with E-state index in [1.165, 1.54) is 6.92 Å². The van der Waals surface area contributed by atoms with Gasteiger partial charge < -0.3 is 10.6 Å². The summed E-state index contributed by atoms with van der Waals surface area (Å²) < 4.78 is 0. The van der Waals surface area contributed by atoms with Gasteiger partial charge in [-0.25, -0.2) is 0 Å². The van der Waals surface area contributed by atoms with E-state index < -0.39 is 0 Å². The van der Waals surface area contributed by atoms with Gasteiger partial charge in [-0.15, -0.1) is 0 Å². The molecule has 2 rings (SSSR count). The second-order valence-corrected chi connectivity index (χ2v) is 5.70. The minimum absolute atomic E-state index is 0.0940. The van der Waals surface area contributed by atoms with Gasteiger partial charge in [0.25, 0.3) is 0 Å². The maximum absolute atomic E-state index is 10.9. The minimum Gasteiger partial charge on any atom is -0.380 e. The van der Waals surface area contributed by atoms with E-state index in [2.05, 4.69) is 10.6 Å². The highest BCUT2D eigenvalue weighted by molar-refractivity contribution is 6.44. The molecule has 2 aromatic carbocycles.